The summed E-state index contributed by atoms with van der Waals surface area (Å²) < 4.78 is 11.2. The number of carbonyl (C=O) groups is 2. The van der Waals surface area contributed by atoms with Crippen molar-refractivity contribution in [3.8, 4) is 0 Å². The Hall–Kier alpha value is -1.66. The van der Waals surface area contributed by atoms with Gasteiger partial charge in [-0.05, 0) is 13.3 Å². The molecule has 1 aliphatic heterocycles. The monoisotopic (exact) mass is 350 g/mol. The zero-order chi connectivity index (χ0) is 18.7. The molecule has 0 aromatic carbocycles. The van der Waals surface area contributed by atoms with E-state index in [9.17, 15) is 19.8 Å². The van der Waals surface area contributed by atoms with E-state index in [1.807, 2.05) is 6.92 Å². The predicted molar refractivity (Wildman–Crippen MR) is 89.2 cm³/mol. The van der Waals surface area contributed by atoms with E-state index >= 15 is 0 Å². The van der Waals surface area contributed by atoms with Gasteiger partial charge in [-0.3, -0.25) is 4.79 Å². The molecule has 1 saturated carbocycles. The first-order valence-electron chi connectivity index (χ1n) is 8.69. The molecule has 2 fully saturated rings. The van der Waals surface area contributed by atoms with Crippen LogP contribution in [0, 0.1) is 23.2 Å². The molecule has 7 unspecified atom stereocenters. The van der Waals surface area contributed by atoms with E-state index in [1.54, 1.807) is 32.9 Å². The van der Waals surface area contributed by atoms with Crippen molar-refractivity contribution in [1.82, 2.24) is 0 Å². The van der Waals surface area contributed by atoms with Gasteiger partial charge in [-0.2, -0.15) is 0 Å². The smallest absolute Gasteiger partial charge is 0.334 e. The summed E-state index contributed by atoms with van der Waals surface area (Å²) >= 11 is 0. The summed E-state index contributed by atoms with van der Waals surface area (Å²) in [6.45, 7) is 10.8. The minimum atomic E-state index is -1.26. The molecule has 25 heavy (non-hydrogen) atoms. The summed E-state index contributed by atoms with van der Waals surface area (Å²) in [4.78, 5) is 24.3. The maximum Gasteiger partial charge on any atom is 0.334 e. The van der Waals surface area contributed by atoms with Crippen molar-refractivity contribution in [1.29, 1.82) is 0 Å². The number of hydrogen-bond donors (Lipinski definition) is 2. The predicted octanol–water partition coefficient (Wildman–Crippen LogP) is 1.36. The molecule has 2 aliphatic carbocycles. The number of esters is 2. The molecule has 7 atom stereocenters. The van der Waals surface area contributed by atoms with Crippen LogP contribution >= 0.6 is 0 Å². The van der Waals surface area contributed by atoms with Gasteiger partial charge in [-0.25, -0.2) is 4.79 Å². The normalized spacial score (nSPS) is 45.8. The minimum absolute atomic E-state index is 0.258. The van der Waals surface area contributed by atoms with Crippen molar-refractivity contribution < 1.29 is 29.3 Å². The Kier molecular flexibility index (Phi) is 4.12. The van der Waals surface area contributed by atoms with E-state index in [0.717, 1.165) is 0 Å². The first-order chi connectivity index (χ1) is 11.5. The molecule has 6 nitrogen and oxygen atoms in total. The van der Waals surface area contributed by atoms with E-state index < -0.39 is 47.1 Å². The lowest BCUT2D eigenvalue weighted by Crippen LogP contribution is -2.63. The van der Waals surface area contributed by atoms with Crippen LogP contribution in [0.25, 0.3) is 0 Å². The standard InChI is InChI=1S/C19H26O6/c1-9(2)16(21)24-11-8-18(4)12(20)6-7-19(5,23)15(18)14-13(11)10(3)17(22)25-14/h6-7,9,11-15,20,23H,3,8H2,1-2,4-5H3. The van der Waals surface area contributed by atoms with Crippen LogP contribution in [0.2, 0.25) is 0 Å². The second-order valence-electron chi connectivity index (χ2n) is 8.27. The number of carbonyl (C=O) groups excluding carboxylic acids is 2. The molecular formula is C19H26O6. The number of hydrogen-bond acceptors (Lipinski definition) is 6. The Labute approximate surface area is 147 Å². The van der Waals surface area contributed by atoms with E-state index in [1.165, 1.54) is 0 Å². The molecule has 2 N–H and O–H groups in total. The number of rotatable bonds is 2. The van der Waals surface area contributed by atoms with Gasteiger partial charge in [0, 0.05) is 16.9 Å². The van der Waals surface area contributed by atoms with Gasteiger partial charge in [0.2, 0.25) is 0 Å². The van der Waals surface area contributed by atoms with Crippen LogP contribution in [0.1, 0.15) is 34.1 Å². The van der Waals surface area contributed by atoms with Gasteiger partial charge < -0.3 is 19.7 Å². The molecule has 1 saturated heterocycles. The first kappa shape index (κ1) is 18.1. The van der Waals surface area contributed by atoms with Crippen LogP contribution in [0.15, 0.2) is 24.3 Å². The van der Waals surface area contributed by atoms with Crippen molar-refractivity contribution in [2.75, 3.05) is 0 Å². The van der Waals surface area contributed by atoms with Gasteiger partial charge in [-0.1, -0.05) is 39.5 Å². The molecule has 0 spiro atoms. The van der Waals surface area contributed by atoms with Crippen LogP contribution in [0.4, 0.5) is 0 Å². The molecule has 0 bridgehead atoms. The Balaban J connectivity index is 2.05. The average molecular weight is 350 g/mol. The lowest BCUT2D eigenvalue weighted by Gasteiger charge is -2.56. The van der Waals surface area contributed by atoms with Gasteiger partial charge in [0.05, 0.1) is 23.5 Å². The fraction of sp³-hybridized carbons (Fsp3) is 0.684. The molecule has 0 radical (unpaired) electrons. The highest BCUT2D eigenvalue weighted by Crippen LogP contribution is 2.57. The summed E-state index contributed by atoms with van der Waals surface area (Å²) in [5, 5.41) is 21.5. The lowest BCUT2D eigenvalue weighted by atomic mass is 9.52. The van der Waals surface area contributed by atoms with Crippen molar-refractivity contribution in [3.05, 3.63) is 24.3 Å². The lowest BCUT2D eigenvalue weighted by molar-refractivity contribution is -0.203. The summed E-state index contributed by atoms with van der Waals surface area (Å²) in [7, 11) is 0. The molecule has 0 aromatic rings. The third-order valence-corrected chi connectivity index (χ3v) is 6.00. The second kappa shape index (κ2) is 5.68. The van der Waals surface area contributed by atoms with Crippen LogP contribution < -0.4 is 0 Å². The van der Waals surface area contributed by atoms with E-state index in [4.69, 9.17) is 9.47 Å². The van der Waals surface area contributed by atoms with Crippen LogP contribution in [-0.4, -0.2) is 46.1 Å². The maximum absolute atomic E-state index is 12.2. The third-order valence-electron chi connectivity index (χ3n) is 6.00. The number of fused-ring (bicyclic) bond motifs is 3. The molecule has 1 heterocycles. The van der Waals surface area contributed by atoms with E-state index in [0.29, 0.717) is 6.42 Å². The van der Waals surface area contributed by atoms with Crippen molar-refractivity contribution in [2.45, 2.75) is 58.0 Å². The largest absolute Gasteiger partial charge is 0.461 e. The fourth-order valence-corrected chi connectivity index (χ4v) is 4.70. The Morgan fingerprint density at radius 2 is 2.08 bits per heavy atom. The molecule has 138 valence electrons. The van der Waals surface area contributed by atoms with E-state index in [2.05, 4.69) is 6.58 Å². The molecular weight excluding hydrogens is 324 g/mol. The topological polar surface area (TPSA) is 93.1 Å². The van der Waals surface area contributed by atoms with Gasteiger partial charge in [-0.15, -0.1) is 0 Å². The first-order valence-corrected chi connectivity index (χ1v) is 8.69. The molecule has 3 aliphatic rings. The highest BCUT2D eigenvalue weighted by molar-refractivity contribution is 5.91. The highest BCUT2D eigenvalue weighted by atomic mass is 16.6. The van der Waals surface area contributed by atoms with E-state index in [-0.39, 0.29) is 17.5 Å². The van der Waals surface area contributed by atoms with Crippen LogP contribution in [-0.2, 0) is 19.1 Å². The van der Waals surface area contributed by atoms with Crippen molar-refractivity contribution in [2.24, 2.45) is 23.2 Å². The number of aliphatic hydroxyl groups excluding tert-OH is 1. The second-order valence-corrected chi connectivity index (χ2v) is 8.27. The molecule has 0 aromatic heterocycles. The zero-order valence-electron chi connectivity index (χ0n) is 15.1. The Bertz CT molecular complexity index is 648. The van der Waals surface area contributed by atoms with Crippen molar-refractivity contribution in [3.63, 3.8) is 0 Å². The summed E-state index contributed by atoms with van der Waals surface area (Å²) in [6.07, 6.45) is 1.26. The third kappa shape index (κ3) is 2.62. The minimum Gasteiger partial charge on any atom is -0.461 e. The van der Waals surface area contributed by atoms with Gasteiger partial charge in [0.1, 0.15) is 12.2 Å². The fourth-order valence-electron chi connectivity index (χ4n) is 4.70. The summed E-state index contributed by atoms with van der Waals surface area (Å²) in [5.74, 6) is -2.26. The average Bonchev–Trinajstić information content (AvgIpc) is 2.78. The Morgan fingerprint density at radius 1 is 1.44 bits per heavy atom. The van der Waals surface area contributed by atoms with Crippen LogP contribution in [0.5, 0.6) is 0 Å². The Morgan fingerprint density at radius 3 is 2.68 bits per heavy atom. The molecule has 6 heteroatoms. The van der Waals surface area contributed by atoms with Gasteiger partial charge in [0.15, 0.2) is 0 Å². The van der Waals surface area contributed by atoms with Gasteiger partial charge in [0.25, 0.3) is 0 Å². The SMILES string of the molecule is C=C1C(=O)OC2C1C(OC(=O)C(C)C)CC1(C)C(O)C=CC(C)(O)C21. The zero-order valence-corrected chi connectivity index (χ0v) is 15.1. The maximum atomic E-state index is 12.2. The number of ether oxygens (including phenoxy) is 2. The van der Waals surface area contributed by atoms with Crippen molar-refractivity contribution >= 4 is 11.9 Å². The van der Waals surface area contributed by atoms with Crippen LogP contribution in [0.3, 0.4) is 0 Å². The summed E-state index contributed by atoms with van der Waals surface area (Å²) in [5.41, 5.74) is -1.80. The highest BCUT2D eigenvalue weighted by Gasteiger charge is 2.65. The van der Waals surface area contributed by atoms with Gasteiger partial charge >= 0.3 is 11.9 Å². The quantitative estimate of drug-likeness (QED) is 0.444. The molecule has 3 rings (SSSR count). The summed E-state index contributed by atoms with van der Waals surface area (Å²) in [6, 6.07) is 0. The molecule has 0 amide bonds. The number of aliphatic hydroxyl groups is 2.